The van der Waals surface area contributed by atoms with Gasteiger partial charge in [0.2, 0.25) is 5.91 Å². The van der Waals surface area contributed by atoms with Crippen molar-refractivity contribution in [2.24, 2.45) is 0 Å². The number of nitrogens with one attached hydrogen (secondary N) is 3. The summed E-state index contributed by atoms with van der Waals surface area (Å²) in [4.78, 5) is 55.3. The van der Waals surface area contributed by atoms with Gasteiger partial charge in [-0.2, -0.15) is 0 Å². The van der Waals surface area contributed by atoms with E-state index >= 15 is 0 Å². The zero-order valence-electron chi connectivity index (χ0n) is 22.6. The van der Waals surface area contributed by atoms with Gasteiger partial charge in [-0.05, 0) is 72.2 Å². The largest absolute Gasteiger partial charge is 0.444 e. The predicted molar refractivity (Wildman–Crippen MR) is 143 cm³/mol. The Labute approximate surface area is 222 Å². The first-order valence-electron chi connectivity index (χ1n) is 12.4. The molecule has 0 saturated carbocycles. The topological polar surface area (TPSA) is 139 Å². The number of aromatic nitrogens is 1. The van der Waals surface area contributed by atoms with E-state index < -0.39 is 29.3 Å². The van der Waals surface area contributed by atoms with E-state index in [0.29, 0.717) is 30.0 Å². The summed E-state index contributed by atoms with van der Waals surface area (Å²) >= 11 is 0. The lowest BCUT2D eigenvalue weighted by Gasteiger charge is -2.41. The smallest absolute Gasteiger partial charge is 0.412 e. The Bertz CT molecular complexity index is 1180. The van der Waals surface area contributed by atoms with E-state index in [-0.39, 0.29) is 24.1 Å². The molecule has 0 spiro atoms. The van der Waals surface area contributed by atoms with Gasteiger partial charge in [0.25, 0.3) is 5.91 Å². The van der Waals surface area contributed by atoms with E-state index in [1.165, 1.54) is 12.3 Å². The monoisotopic (exact) mass is 525 g/mol. The molecule has 1 atom stereocenters. The van der Waals surface area contributed by atoms with E-state index in [9.17, 15) is 19.2 Å². The second-order valence-corrected chi connectivity index (χ2v) is 10.9. The number of nitrogens with zero attached hydrogens (tertiary/aromatic N) is 2. The van der Waals surface area contributed by atoms with Crippen LogP contribution in [-0.2, 0) is 14.3 Å². The lowest BCUT2D eigenvalue weighted by molar-refractivity contribution is -0.118. The quantitative estimate of drug-likeness (QED) is 0.481. The highest BCUT2D eigenvalue weighted by Crippen LogP contribution is 2.25. The highest BCUT2D eigenvalue weighted by Gasteiger charge is 2.36. The predicted octanol–water partition coefficient (Wildman–Crippen LogP) is 5.02. The molecule has 1 aromatic heterocycles. The molecule has 11 heteroatoms. The Hall–Kier alpha value is -4.15. The number of benzene rings is 1. The Balaban J connectivity index is 1.54. The molecule has 1 aromatic carbocycles. The molecule has 3 N–H and O–H groups in total. The van der Waals surface area contributed by atoms with Crippen molar-refractivity contribution in [3.05, 3.63) is 48.3 Å². The number of likely N-dealkylation sites (tertiary alicyclic amines) is 1. The summed E-state index contributed by atoms with van der Waals surface area (Å²) in [7, 11) is 0. The van der Waals surface area contributed by atoms with Crippen molar-refractivity contribution in [3.8, 4) is 0 Å². The SMILES string of the molecule is CC(C)(C)OC(=O)Nc1ccccc1NC(=O)c1ccc(NC(=O)CC2CCN2C(=O)OC(C)(C)C)cn1. The molecule has 0 aliphatic carbocycles. The summed E-state index contributed by atoms with van der Waals surface area (Å²) in [6.45, 7) is 11.2. The minimum absolute atomic E-state index is 0.116. The third-order valence-electron chi connectivity index (χ3n) is 5.28. The number of anilines is 3. The Morgan fingerprint density at radius 1 is 0.895 bits per heavy atom. The van der Waals surface area contributed by atoms with Crippen LogP contribution in [0.3, 0.4) is 0 Å². The number of carbonyl (C=O) groups excluding carboxylic acids is 4. The van der Waals surface area contributed by atoms with Gasteiger partial charge in [0.05, 0.1) is 23.3 Å². The Morgan fingerprint density at radius 3 is 2.05 bits per heavy atom. The maximum absolute atomic E-state index is 12.8. The van der Waals surface area contributed by atoms with Crippen LogP contribution in [0.15, 0.2) is 42.6 Å². The number of hydrogen-bond donors (Lipinski definition) is 3. The normalized spacial score (nSPS) is 15.1. The average molecular weight is 526 g/mol. The van der Waals surface area contributed by atoms with Crippen molar-refractivity contribution in [2.45, 2.75) is 71.6 Å². The van der Waals surface area contributed by atoms with Gasteiger partial charge in [-0.1, -0.05) is 12.1 Å². The van der Waals surface area contributed by atoms with E-state index in [0.717, 1.165) is 0 Å². The number of pyridine rings is 1. The highest BCUT2D eigenvalue weighted by atomic mass is 16.6. The first-order chi connectivity index (χ1) is 17.7. The van der Waals surface area contributed by atoms with Crippen LogP contribution in [0.5, 0.6) is 0 Å². The zero-order chi connectivity index (χ0) is 28.1. The van der Waals surface area contributed by atoms with Gasteiger partial charge in [-0.3, -0.25) is 14.9 Å². The van der Waals surface area contributed by atoms with Crippen LogP contribution in [0.1, 0.15) is 64.9 Å². The molecule has 1 saturated heterocycles. The van der Waals surface area contributed by atoms with Crippen LogP contribution in [0, 0.1) is 0 Å². The molecule has 2 aromatic rings. The molecule has 1 fully saturated rings. The maximum atomic E-state index is 12.8. The Morgan fingerprint density at radius 2 is 1.53 bits per heavy atom. The molecule has 11 nitrogen and oxygen atoms in total. The summed E-state index contributed by atoms with van der Waals surface area (Å²) in [5.74, 6) is -0.770. The standard InChI is InChI=1S/C27H35N5O6/c1-26(2,3)37-24(35)31-20-10-8-7-9-19(20)30-23(34)21-12-11-17(16-28-21)29-22(33)15-18-13-14-32(18)25(36)38-27(4,5)6/h7-12,16,18H,13-15H2,1-6H3,(H,29,33)(H,30,34)(H,31,35). The minimum Gasteiger partial charge on any atom is -0.444 e. The number of hydrogen-bond acceptors (Lipinski definition) is 7. The van der Waals surface area contributed by atoms with Crippen molar-refractivity contribution in [1.29, 1.82) is 0 Å². The van der Waals surface area contributed by atoms with Crippen LogP contribution in [0.4, 0.5) is 26.7 Å². The molecule has 0 radical (unpaired) electrons. The molecule has 38 heavy (non-hydrogen) atoms. The van der Waals surface area contributed by atoms with Gasteiger partial charge >= 0.3 is 12.2 Å². The third kappa shape index (κ3) is 8.46. The second kappa shape index (κ2) is 11.5. The first-order valence-corrected chi connectivity index (χ1v) is 12.4. The summed E-state index contributed by atoms with van der Waals surface area (Å²) < 4.78 is 10.6. The second-order valence-electron chi connectivity index (χ2n) is 10.9. The van der Waals surface area contributed by atoms with Crippen LogP contribution in [0.25, 0.3) is 0 Å². The first kappa shape index (κ1) is 28.4. The van der Waals surface area contributed by atoms with Crippen molar-refractivity contribution < 1.29 is 28.7 Å². The molecular formula is C27H35N5O6. The van der Waals surface area contributed by atoms with Gasteiger partial charge in [0.15, 0.2) is 0 Å². The number of para-hydroxylation sites is 2. The van der Waals surface area contributed by atoms with E-state index in [4.69, 9.17) is 9.47 Å². The fraction of sp³-hybridized carbons (Fsp3) is 0.444. The molecule has 1 aliphatic rings. The van der Waals surface area contributed by atoms with Gasteiger partial charge in [-0.15, -0.1) is 0 Å². The van der Waals surface area contributed by atoms with Gasteiger partial charge < -0.3 is 25.0 Å². The van der Waals surface area contributed by atoms with E-state index in [2.05, 4.69) is 20.9 Å². The Kier molecular flexibility index (Phi) is 8.60. The number of rotatable bonds is 6. The molecule has 3 rings (SSSR count). The van der Waals surface area contributed by atoms with Crippen molar-refractivity contribution in [2.75, 3.05) is 22.5 Å². The van der Waals surface area contributed by atoms with Crippen LogP contribution in [0.2, 0.25) is 0 Å². The minimum atomic E-state index is -0.668. The molecular weight excluding hydrogens is 490 g/mol. The van der Waals surface area contributed by atoms with Gasteiger partial charge in [0, 0.05) is 19.0 Å². The summed E-state index contributed by atoms with van der Waals surface area (Å²) in [5.41, 5.74) is 0.00837. The van der Waals surface area contributed by atoms with Crippen LogP contribution >= 0.6 is 0 Å². The third-order valence-corrected chi connectivity index (χ3v) is 5.28. The van der Waals surface area contributed by atoms with Crippen molar-refractivity contribution in [1.82, 2.24) is 9.88 Å². The molecule has 1 aliphatic heterocycles. The lowest BCUT2D eigenvalue weighted by Crippen LogP contribution is -2.53. The number of ether oxygens (including phenoxy) is 2. The summed E-state index contributed by atoms with van der Waals surface area (Å²) in [6.07, 6.45) is 1.15. The molecule has 2 heterocycles. The van der Waals surface area contributed by atoms with Crippen molar-refractivity contribution >= 4 is 41.1 Å². The van der Waals surface area contributed by atoms with Gasteiger partial charge in [0.1, 0.15) is 16.9 Å². The molecule has 204 valence electrons. The van der Waals surface area contributed by atoms with Crippen LogP contribution < -0.4 is 16.0 Å². The van der Waals surface area contributed by atoms with Crippen LogP contribution in [-0.4, -0.2) is 57.7 Å². The van der Waals surface area contributed by atoms with Gasteiger partial charge in [-0.25, -0.2) is 14.6 Å². The summed E-state index contributed by atoms with van der Waals surface area (Å²) in [6, 6.07) is 9.53. The van der Waals surface area contributed by atoms with Crippen molar-refractivity contribution in [3.63, 3.8) is 0 Å². The summed E-state index contributed by atoms with van der Waals surface area (Å²) in [5, 5.41) is 8.08. The van der Waals surface area contributed by atoms with E-state index in [1.807, 2.05) is 0 Å². The fourth-order valence-electron chi connectivity index (χ4n) is 3.54. The average Bonchev–Trinajstić information content (AvgIpc) is 2.76. The molecule has 0 bridgehead atoms. The van der Waals surface area contributed by atoms with E-state index in [1.54, 1.807) is 76.8 Å². The fourth-order valence-corrected chi connectivity index (χ4v) is 3.54. The molecule has 1 unspecified atom stereocenters. The molecule has 4 amide bonds. The number of amides is 4. The zero-order valence-corrected chi connectivity index (χ0v) is 22.6. The maximum Gasteiger partial charge on any atom is 0.412 e. The number of carbonyl (C=O) groups is 4. The lowest BCUT2D eigenvalue weighted by atomic mass is 10.00. The highest BCUT2D eigenvalue weighted by molar-refractivity contribution is 6.06.